The number of hydrogen-bond donors (Lipinski definition) is 0. The number of pyridine rings is 1. The Bertz CT molecular complexity index is 1280. The lowest BCUT2D eigenvalue weighted by atomic mass is 10.3. The van der Waals surface area contributed by atoms with Crippen molar-refractivity contribution in [2.75, 3.05) is 6.61 Å². The number of fused-ring (bicyclic) bond motifs is 1. The van der Waals surface area contributed by atoms with Crippen LogP contribution in [-0.2, 0) is 6.54 Å². The van der Waals surface area contributed by atoms with Gasteiger partial charge in [0.1, 0.15) is 17.8 Å². The quantitative estimate of drug-likeness (QED) is 0.251. The SMILES string of the molecule is Cc1ncc2c(C)nn(CCCOc3nn(-c4cc(F)cnc4C)cc3[N+](=O)[O-])c2n1. The van der Waals surface area contributed by atoms with Crippen molar-refractivity contribution < 1.29 is 14.1 Å². The van der Waals surface area contributed by atoms with Gasteiger partial charge in [-0.15, -0.1) is 5.10 Å². The van der Waals surface area contributed by atoms with E-state index in [0.717, 1.165) is 22.9 Å². The molecule has 0 spiro atoms. The Morgan fingerprint density at radius 1 is 1.16 bits per heavy atom. The average molecular weight is 426 g/mol. The van der Waals surface area contributed by atoms with Crippen LogP contribution in [0.3, 0.4) is 0 Å². The highest BCUT2D eigenvalue weighted by Gasteiger charge is 2.23. The highest BCUT2D eigenvalue weighted by atomic mass is 19.1. The van der Waals surface area contributed by atoms with E-state index in [2.05, 4.69) is 25.1 Å². The molecule has 160 valence electrons. The number of aromatic nitrogens is 7. The van der Waals surface area contributed by atoms with E-state index < -0.39 is 10.7 Å². The van der Waals surface area contributed by atoms with Crippen LogP contribution >= 0.6 is 0 Å². The first-order valence-corrected chi connectivity index (χ1v) is 9.49. The maximum absolute atomic E-state index is 13.6. The lowest BCUT2D eigenvalue weighted by molar-refractivity contribution is -0.385. The van der Waals surface area contributed by atoms with Gasteiger partial charge in [-0.1, -0.05) is 0 Å². The summed E-state index contributed by atoms with van der Waals surface area (Å²) in [5.74, 6) is -0.0662. The normalized spacial score (nSPS) is 11.2. The molecule has 0 aliphatic carbocycles. The first-order chi connectivity index (χ1) is 14.8. The number of aryl methyl sites for hydroxylation is 4. The highest BCUT2D eigenvalue weighted by Crippen LogP contribution is 2.27. The molecule has 0 atom stereocenters. The second kappa shape index (κ2) is 8.05. The molecular weight excluding hydrogens is 407 g/mol. The minimum Gasteiger partial charge on any atom is -0.472 e. The lowest BCUT2D eigenvalue weighted by Crippen LogP contribution is -2.08. The third-order valence-electron chi connectivity index (χ3n) is 4.68. The van der Waals surface area contributed by atoms with Crippen molar-refractivity contribution in [1.82, 2.24) is 34.5 Å². The number of nitrogens with zero attached hydrogens (tertiary/aromatic N) is 8. The van der Waals surface area contributed by atoms with E-state index in [-0.39, 0.29) is 18.2 Å². The van der Waals surface area contributed by atoms with E-state index in [4.69, 9.17) is 4.74 Å². The zero-order valence-electron chi connectivity index (χ0n) is 17.1. The van der Waals surface area contributed by atoms with Crippen LogP contribution in [0.4, 0.5) is 10.1 Å². The number of halogens is 1. The minimum absolute atomic E-state index is 0.145. The molecule has 0 amide bonds. The number of nitro groups is 1. The molecule has 0 aliphatic heterocycles. The lowest BCUT2D eigenvalue weighted by Gasteiger charge is -2.05. The fourth-order valence-corrected chi connectivity index (χ4v) is 3.16. The molecule has 0 aliphatic rings. The smallest absolute Gasteiger partial charge is 0.350 e. The van der Waals surface area contributed by atoms with Gasteiger partial charge >= 0.3 is 11.6 Å². The Hall–Kier alpha value is -3.96. The Labute approximate surface area is 175 Å². The van der Waals surface area contributed by atoms with Gasteiger partial charge in [0.15, 0.2) is 5.65 Å². The number of hydrogen-bond acceptors (Lipinski definition) is 8. The van der Waals surface area contributed by atoms with Crippen LogP contribution in [0.1, 0.15) is 23.6 Å². The van der Waals surface area contributed by atoms with Crippen LogP contribution < -0.4 is 4.74 Å². The molecule has 11 nitrogen and oxygen atoms in total. The van der Waals surface area contributed by atoms with Crippen molar-refractivity contribution in [3.05, 3.63) is 57.8 Å². The van der Waals surface area contributed by atoms with Crippen molar-refractivity contribution in [1.29, 1.82) is 0 Å². The summed E-state index contributed by atoms with van der Waals surface area (Å²) in [6.45, 7) is 6.02. The van der Waals surface area contributed by atoms with E-state index in [9.17, 15) is 14.5 Å². The van der Waals surface area contributed by atoms with Gasteiger partial charge in [0.25, 0.3) is 0 Å². The Balaban J connectivity index is 1.49. The molecule has 31 heavy (non-hydrogen) atoms. The first kappa shape index (κ1) is 20.3. The fraction of sp³-hybridized carbons (Fsp3) is 0.316. The summed E-state index contributed by atoms with van der Waals surface area (Å²) in [6, 6.07) is 1.21. The average Bonchev–Trinajstić information content (AvgIpc) is 3.28. The molecule has 0 saturated carbocycles. The maximum atomic E-state index is 13.6. The van der Waals surface area contributed by atoms with Gasteiger partial charge in [0.05, 0.1) is 40.2 Å². The summed E-state index contributed by atoms with van der Waals surface area (Å²) in [4.78, 5) is 23.4. The Morgan fingerprint density at radius 2 is 1.97 bits per heavy atom. The Morgan fingerprint density at radius 3 is 2.74 bits per heavy atom. The van der Waals surface area contributed by atoms with Crippen molar-refractivity contribution >= 4 is 16.7 Å². The second-order valence-corrected chi connectivity index (χ2v) is 6.94. The first-order valence-electron chi connectivity index (χ1n) is 9.49. The molecule has 4 aromatic heterocycles. The standard InChI is InChI=1S/C19H19FN8O3/c1-11-15-9-22-13(3)23-18(15)26(24-11)5-4-6-31-19-17(28(29)30)10-27(25-19)16-7-14(20)8-21-12(16)2/h7-10H,4-6H2,1-3H3. The van der Waals surface area contributed by atoms with Gasteiger partial charge in [-0.3, -0.25) is 15.1 Å². The van der Waals surface area contributed by atoms with Crippen LogP contribution in [0, 0.1) is 36.7 Å². The predicted molar refractivity (Wildman–Crippen MR) is 108 cm³/mol. The molecule has 0 aromatic carbocycles. The van der Waals surface area contributed by atoms with Gasteiger partial charge in [-0.25, -0.2) is 23.7 Å². The third kappa shape index (κ3) is 4.04. The summed E-state index contributed by atoms with van der Waals surface area (Å²) in [5.41, 5.74) is 2.01. The summed E-state index contributed by atoms with van der Waals surface area (Å²) in [5, 5.41) is 20.9. The van der Waals surface area contributed by atoms with E-state index in [1.54, 1.807) is 24.7 Å². The summed E-state index contributed by atoms with van der Waals surface area (Å²) >= 11 is 0. The molecule has 0 fully saturated rings. The van der Waals surface area contributed by atoms with Gasteiger partial charge in [-0.2, -0.15) is 5.10 Å². The van der Waals surface area contributed by atoms with Gasteiger partial charge in [0.2, 0.25) is 0 Å². The van der Waals surface area contributed by atoms with Gasteiger partial charge < -0.3 is 4.74 Å². The van der Waals surface area contributed by atoms with E-state index in [1.165, 1.54) is 16.9 Å². The summed E-state index contributed by atoms with van der Waals surface area (Å²) < 4.78 is 22.1. The molecule has 4 rings (SSSR count). The molecular formula is C19H19FN8O3. The molecule has 4 aromatic rings. The zero-order chi connectivity index (χ0) is 22.1. The molecule has 0 N–H and O–H groups in total. The van der Waals surface area contributed by atoms with Crippen LogP contribution in [0.5, 0.6) is 5.88 Å². The van der Waals surface area contributed by atoms with Crippen molar-refractivity contribution in [3.8, 4) is 11.6 Å². The molecule has 0 radical (unpaired) electrons. The fourth-order valence-electron chi connectivity index (χ4n) is 3.16. The topological polar surface area (TPSA) is 127 Å². The molecule has 4 heterocycles. The van der Waals surface area contributed by atoms with Crippen LogP contribution in [0.2, 0.25) is 0 Å². The summed E-state index contributed by atoms with van der Waals surface area (Å²) in [7, 11) is 0. The highest BCUT2D eigenvalue weighted by molar-refractivity contribution is 5.77. The van der Waals surface area contributed by atoms with Gasteiger partial charge in [0, 0.05) is 25.2 Å². The van der Waals surface area contributed by atoms with Crippen molar-refractivity contribution in [2.24, 2.45) is 0 Å². The second-order valence-electron chi connectivity index (χ2n) is 6.94. The predicted octanol–water partition coefficient (Wildman–Crippen LogP) is 2.85. The van der Waals surface area contributed by atoms with E-state index in [1.807, 2.05) is 6.92 Å². The van der Waals surface area contributed by atoms with Crippen molar-refractivity contribution in [3.63, 3.8) is 0 Å². The van der Waals surface area contributed by atoms with Crippen LogP contribution in [0.15, 0.2) is 24.7 Å². The van der Waals surface area contributed by atoms with Crippen LogP contribution in [-0.4, -0.2) is 46.0 Å². The van der Waals surface area contributed by atoms with Crippen molar-refractivity contribution in [2.45, 2.75) is 33.7 Å². The monoisotopic (exact) mass is 426 g/mol. The summed E-state index contributed by atoms with van der Waals surface area (Å²) in [6.07, 6.45) is 4.51. The maximum Gasteiger partial charge on any atom is 0.350 e. The Kier molecular flexibility index (Phi) is 5.28. The largest absolute Gasteiger partial charge is 0.472 e. The zero-order valence-corrected chi connectivity index (χ0v) is 17.1. The number of rotatable bonds is 7. The minimum atomic E-state index is -0.592. The van der Waals surface area contributed by atoms with Crippen LogP contribution in [0.25, 0.3) is 16.7 Å². The number of ether oxygens (including phenoxy) is 1. The third-order valence-corrected chi connectivity index (χ3v) is 4.68. The van der Waals surface area contributed by atoms with Gasteiger partial charge in [-0.05, 0) is 20.8 Å². The van der Waals surface area contributed by atoms with E-state index in [0.29, 0.717) is 30.2 Å². The molecule has 0 unspecified atom stereocenters. The molecule has 0 saturated heterocycles. The molecule has 0 bridgehead atoms. The molecule has 12 heteroatoms. The van der Waals surface area contributed by atoms with E-state index >= 15 is 0 Å².